The third kappa shape index (κ3) is 2.83. The Labute approximate surface area is 116 Å². The molecule has 0 spiro atoms. The van der Waals surface area contributed by atoms with Crippen molar-refractivity contribution in [2.75, 3.05) is 0 Å². The molecule has 0 fully saturated rings. The van der Waals surface area contributed by atoms with Crippen LogP contribution in [0.15, 0.2) is 42.5 Å². The van der Waals surface area contributed by atoms with Crippen LogP contribution in [-0.2, 0) is 0 Å². The zero-order valence-corrected chi connectivity index (χ0v) is 11.1. The standard InChI is InChI=1S/C15H13NO4/c1-10-8-13(16(18)19)14(9-11(10)2)20-15(17)12-6-4-3-5-7-12/h3-9H,1-2H3. The average Bonchev–Trinajstić information content (AvgIpc) is 2.43. The number of carbonyl (C=O) groups is 1. The number of ether oxygens (including phenoxy) is 1. The van der Waals surface area contributed by atoms with Gasteiger partial charge in [-0.2, -0.15) is 0 Å². The molecule has 0 radical (unpaired) electrons. The zero-order chi connectivity index (χ0) is 14.7. The zero-order valence-electron chi connectivity index (χ0n) is 11.1. The first kappa shape index (κ1) is 13.7. The number of aryl methyl sites for hydroxylation is 2. The molecule has 0 aromatic heterocycles. The molecule has 2 aromatic rings. The molecule has 2 rings (SSSR count). The van der Waals surface area contributed by atoms with Crippen molar-refractivity contribution in [2.45, 2.75) is 13.8 Å². The van der Waals surface area contributed by atoms with E-state index < -0.39 is 10.9 Å². The predicted molar refractivity (Wildman–Crippen MR) is 74.0 cm³/mol. The number of nitro benzene ring substituents is 1. The average molecular weight is 271 g/mol. The molecular formula is C15H13NO4. The number of nitro groups is 1. The summed E-state index contributed by atoms with van der Waals surface area (Å²) in [7, 11) is 0. The molecule has 0 bridgehead atoms. The van der Waals surface area contributed by atoms with Gasteiger partial charge in [-0.15, -0.1) is 0 Å². The van der Waals surface area contributed by atoms with E-state index in [2.05, 4.69) is 0 Å². The maximum atomic E-state index is 11.9. The van der Waals surface area contributed by atoms with Gasteiger partial charge in [0.1, 0.15) is 0 Å². The Balaban J connectivity index is 2.36. The molecule has 0 N–H and O–H groups in total. The maximum absolute atomic E-state index is 11.9. The molecule has 0 aliphatic carbocycles. The number of carbonyl (C=O) groups excluding carboxylic acids is 1. The van der Waals surface area contributed by atoms with Crippen LogP contribution >= 0.6 is 0 Å². The molecule has 0 amide bonds. The van der Waals surface area contributed by atoms with E-state index in [1.165, 1.54) is 12.1 Å². The van der Waals surface area contributed by atoms with Crippen LogP contribution in [0.5, 0.6) is 5.75 Å². The fraction of sp³-hybridized carbons (Fsp3) is 0.133. The van der Waals surface area contributed by atoms with Gasteiger partial charge >= 0.3 is 11.7 Å². The first-order valence-electron chi connectivity index (χ1n) is 6.02. The molecule has 0 aliphatic rings. The van der Waals surface area contributed by atoms with Crippen LogP contribution in [0, 0.1) is 24.0 Å². The number of nitrogens with zero attached hydrogens (tertiary/aromatic N) is 1. The molecule has 0 aliphatic heterocycles. The molecule has 5 nitrogen and oxygen atoms in total. The van der Waals surface area contributed by atoms with E-state index in [0.29, 0.717) is 5.56 Å². The van der Waals surface area contributed by atoms with E-state index >= 15 is 0 Å². The summed E-state index contributed by atoms with van der Waals surface area (Å²) in [6, 6.07) is 11.3. The largest absolute Gasteiger partial charge is 0.416 e. The SMILES string of the molecule is Cc1cc(OC(=O)c2ccccc2)c([N+](=O)[O-])cc1C. The van der Waals surface area contributed by atoms with Crippen molar-refractivity contribution in [2.24, 2.45) is 0 Å². The molecule has 0 heterocycles. The Morgan fingerprint density at radius 2 is 1.70 bits per heavy atom. The van der Waals surface area contributed by atoms with Gasteiger partial charge in [0.05, 0.1) is 10.5 Å². The maximum Gasteiger partial charge on any atom is 0.343 e. The van der Waals surface area contributed by atoms with Crippen molar-refractivity contribution < 1.29 is 14.5 Å². The molecule has 0 unspecified atom stereocenters. The van der Waals surface area contributed by atoms with E-state index in [1.54, 1.807) is 44.2 Å². The first-order valence-corrected chi connectivity index (χ1v) is 6.02. The summed E-state index contributed by atoms with van der Waals surface area (Å²) in [6.45, 7) is 3.57. The fourth-order valence-electron chi connectivity index (χ4n) is 1.73. The number of hydrogen-bond donors (Lipinski definition) is 0. The molecule has 102 valence electrons. The molecule has 0 saturated carbocycles. The third-order valence-corrected chi connectivity index (χ3v) is 2.98. The molecule has 0 saturated heterocycles. The van der Waals surface area contributed by atoms with Crippen molar-refractivity contribution in [1.82, 2.24) is 0 Å². The van der Waals surface area contributed by atoms with Crippen LogP contribution in [0.3, 0.4) is 0 Å². The van der Waals surface area contributed by atoms with Gasteiger partial charge < -0.3 is 4.74 Å². The summed E-state index contributed by atoms with van der Waals surface area (Å²) in [6.07, 6.45) is 0. The summed E-state index contributed by atoms with van der Waals surface area (Å²) in [5, 5.41) is 11.0. The van der Waals surface area contributed by atoms with Gasteiger partial charge in [0.15, 0.2) is 0 Å². The minimum atomic E-state index is -0.614. The first-order chi connectivity index (χ1) is 9.49. The van der Waals surface area contributed by atoms with Crippen LogP contribution in [0.25, 0.3) is 0 Å². The molecule has 5 heteroatoms. The van der Waals surface area contributed by atoms with Crippen molar-refractivity contribution in [1.29, 1.82) is 0 Å². The fourth-order valence-corrected chi connectivity index (χ4v) is 1.73. The minimum absolute atomic E-state index is 0.0352. The topological polar surface area (TPSA) is 69.4 Å². The lowest BCUT2D eigenvalue weighted by Crippen LogP contribution is -2.10. The second kappa shape index (κ2) is 5.52. The Hall–Kier alpha value is -2.69. The highest BCUT2D eigenvalue weighted by atomic mass is 16.6. The molecular weight excluding hydrogens is 258 g/mol. The van der Waals surface area contributed by atoms with E-state index in [9.17, 15) is 14.9 Å². The number of esters is 1. The lowest BCUT2D eigenvalue weighted by molar-refractivity contribution is -0.385. The lowest BCUT2D eigenvalue weighted by Gasteiger charge is -2.07. The third-order valence-electron chi connectivity index (χ3n) is 2.98. The van der Waals surface area contributed by atoms with E-state index in [0.717, 1.165) is 11.1 Å². The van der Waals surface area contributed by atoms with Crippen LogP contribution in [-0.4, -0.2) is 10.9 Å². The second-order valence-corrected chi connectivity index (χ2v) is 4.42. The Morgan fingerprint density at radius 3 is 2.30 bits per heavy atom. The Kier molecular flexibility index (Phi) is 3.79. The highest BCUT2D eigenvalue weighted by Gasteiger charge is 2.20. The summed E-state index contributed by atoms with van der Waals surface area (Å²) in [5.41, 5.74) is 1.74. The summed E-state index contributed by atoms with van der Waals surface area (Å²) >= 11 is 0. The summed E-state index contributed by atoms with van der Waals surface area (Å²) in [4.78, 5) is 22.4. The Morgan fingerprint density at radius 1 is 1.10 bits per heavy atom. The molecule has 2 aromatic carbocycles. The highest BCUT2D eigenvalue weighted by molar-refractivity contribution is 5.91. The van der Waals surface area contributed by atoms with Gasteiger partial charge in [0.2, 0.25) is 5.75 Å². The summed E-state index contributed by atoms with van der Waals surface area (Å²) < 4.78 is 5.15. The number of hydrogen-bond acceptors (Lipinski definition) is 4. The van der Waals surface area contributed by atoms with Crippen LogP contribution in [0.4, 0.5) is 5.69 Å². The van der Waals surface area contributed by atoms with Gasteiger partial charge in [-0.3, -0.25) is 10.1 Å². The van der Waals surface area contributed by atoms with E-state index in [4.69, 9.17) is 4.74 Å². The molecule has 0 atom stereocenters. The smallest absolute Gasteiger partial charge is 0.343 e. The normalized spacial score (nSPS) is 10.1. The van der Waals surface area contributed by atoms with Crippen molar-refractivity contribution in [3.05, 3.63) is 69.3 Å². The van der Waals surface area contributed by atoms with Crippen molar-refractivity contribution in [3.8, 4) is 5.75 Å². The Bertz CT molecular complexity index is 665. The van der Waals surface area contributed by atoms with Crippen LogP contribution in [0.1, 0.15) is 21.5 Å². The predicted octanol–water partition coefficient (Wildman–Crippen LogP) is 3.43. The monoisotopic (exact) mass is 271 g/mol. The van der Waals surface area contributed by atoms with Gasteiger partial charge in [-0.1, -0.05) is 18.2 Å². The second-order valence-electron chi connectivity index (χ2n) is 4.42. The van der Waals surface area contributed by atoms with Gasteiger partial charge in [-0.25, -0.2) is 4.79 Å². The van der Waals surface area contributed by atoms with Gasteiger partial charge in [-0.05, 0) is 43.2 Å². The van der Waals surface area contributed by atoms with E-state index in [1.807, 2.05) is 0 Å². The number of rotatable bonds is 3. The van der Waals surface area contributed by atoms with Gasteiger partial charge in [0.25, 0.3) is 0 Å². The quantitative estimate of drug-likeness (QED) is 0.371. The summed E-state index contributed by atoms with van der Waals surface area (Å²) in [5.74, 6) is -0.649. The minimum Gasteiger partial charge on any atom is -0.416 e. The van der Waals surface area contributed by atoms with Crippen LogP contribution < -0.4 is 4.74 Å². The van der Waals surface area contributed by atoms with Gasteiger partial charge in [0, 0.05) is 6.07 Å². The van der Waals surface area contributed by atoms with Crippen molar-refractivity contribution >= 4 is 11.7 Å². The van der Waals surface area contributed by atoms with Crippen molar-refractivity contribution in [3.63, 3.8) is 0 Å². The molecule has 20 heavy (non-hydrogen) atoms. The van der Waals surface area contributed by atoms with E-state index in [-0.39, 0.29) is 11.4 Å². The highest BCUT2D eigenvalue weighted by Crippen LogP contribution is 2.30. The lowest BCUT2D eigenvalue weighted by atomic mass is 10.1. The van der Waals surface area contributed by atoms with Crippen LogP contribution in [0.2, 0.25) is 0 Å². The number of benzene rings is 2.